The molecule has 0 spiro atoms. The number of carboxylic acid groups (broad SMARTS) is 1. The third kappa shape index (κ3) is 4.06. The molecule has 0 bridgehead atoms. The van der Waals surface area contributed by atoms with Crippen molar-refractivity contribution in [2.75, 3.05) is 0 Å². The molecular weight excluding hydrogens is 304 g/mol. The summed E-state index contributed by atoms with van der Waals surface area (Å²) in [7, 11) is 0. The number of hydrogen-bond acceptors (Lipinski definition) is 2. The first-order valence-corrected chi connectivity index (χ1v) is 7.71. The number of carbonyl (C=O) groups excluding carboxylic acids is 1. The van der Waals surface area contributed by atoms with Crippen molar-refractivity contribution in [2.45, 2.75) is 45.1 Å². The molecule has 126 valence electrons. The van der Waals surface area contributed by atoms with Crippen molar-refractivity contribution < 1.29 is 23.5 Å². The molecule has 0 heterocycles. The van der Waals surface area contributed by atoms with Crippen molar-refractivity contribution in [3.8, 4) is 0 Å². The number of carboxylic acids is 1. The minimum absolute atomic E-state index is 0.177. The van der Waals surface area contributed by atoms with Gasteiger partial charge in [0.05, 0.1) is 11.5 Å². The van der Waals surface area contributed by atoms with Gasteiger partial charge in [0.1, 0.15) is 0 Å². The lowest BCUT2D eigenvalue weighted by atomic mass is 9.81. The first-order valence-electron chi connectivity index (χ1n) is 7.71. The van der Waals surface area contributed by atoms with E-state index in [1.54, 1.807) is 13.8 Å². The van der Waals surface area contributed by atoms with E-state index in [9.17, 15) is 18.4 Å². The topological polar surface area (TPSA) is 66.4 Å². The van der Waals surface area contributed by atoms with Gasteiger partial charge in [0, 0.05) is 5.92 Å². The van der Waals surface area contributed by atoms with Gasteiger partial charge in [-0.1, -0.05) is 6.07 Å². The zero-order valence-electron chi connectivity index (χ0n) is 13.2. The Labute approximate surface area is 133 Å². The van der Waals surface area contributed by atoms with E-state index in [2.05, 4.69) is 5.32 Å². The van der Waals surface area contributed by atoms with Gasteiger partial charge in [-0.15, -0.1) is 0 Å². The largest absolute Gasteiger partial charge is 0.481 e. The van der Waals surface area contributed by atoms with Gasteiger partial charge in [0.2, 0.25) is 5.91 Å². The predicted molar refractivity (Wildman–Crippen MR) is 80.6 cm³/mol. The lowest BCUT2D eigenvalue weighted by Crippen LogP contribution is -2.45. The van der Waals surface area contributed by atoms with Gasteiger partial charge in [-0.2, -0.15) is 0 Å². The SMILES string of the molecule is CC(C)(NC(=O)C1CCC(C(=O)O)CC1)c1ccc(F)c(F)c1. The summed E-state index contributed by atoms with van der Waals surface area (Å²) >= 11 is 0. The highest BCUT2D eigenvalue weighted by molar-refractivity contribution is 5.80. The van der Waals surface area contributed by atoms with E-state index in [1.807, 2.05) is 0 Å². The number of halogens is 2. The molecule has 0 saturated heterocycles. The van der Waals surface area contributed by atoms with Crippen molar-refractivity contribution >= 4 is 11.9 Å². The van der Waals surface area contributed by atoms with Crippen molar-refractivity contribution in [1.29, 1.82) is 0 Å². The van der Waals surface area contributed by atoms with Gasteiger partial charge in [0.15, 0.2) is 11.6 Å². The van der Waals surface area contributed by atoms with Crippen molar-refractivity contribution in [3.63, 3.8) is 0 Å². The third-order valence-electron chi connectivity index (χ3n) is 4.52. The summed E-state index contributed by atoms with van der Waals surface area (Å²) in [6.07, 6.45) is 2.02. The molecule has 2 rings (SSSR count). The molecule has 0 unspecified atom stereocenters. The molecule has 6 heteroatoms. The first kappa shape index (κ1) is 17.4. The smallest absolute Gasteiger partial charge is 0.306 e. The molecule has 1 aliphatic rings. The highest BCUT2D eigenvalue weighted by Crippen LogP contribution is 2.30. The molecule has 1 aliphatic carbocycles. The van der Waals surface area contributed by atoms with Gasteiger partial charge in [0.25, 0.3) is 0 Å². The number of nitrogens with one attached hydrogen (secondary N) is 1. The molecule has 0 aromatic heterocycles. The van der Waals surface area contributed by atoms with E-state index in [1.165, 1.54) is 6.07 Å². The Morgan fingerprint density at radius 3 is 2.17 bits per heavy atom. The van der Waals surface area contributed by atoms with E-state index >= 15 is 0 Å². The highest BCUT2D eigenvalue weighted by Gasteiger charge is 2.32. The molecule has 23 heavy (non-hydrogen) atoms. The maximum atomic E-state index is 13.4. The Kier molecular flexibility index (Phi) is 5.02. The predicted octanol–water partition coefficient (Wildman–Crippen LogP) is 3.21. The van der Waals surface area contributed by atoms with Crippen LogP contribution in [-0.4, -0.2) is 17.0 Å². The average molecular weight is 325 g/mol. The van der Waals surface area contributed by atoms with Crippen molar-refractivity contribution in [3.05, 3.63) is 35.4 Å². The number of hydrogen-bond donors (Lipinski definition) is 2. The molecular formula is C17H21F2NO3. The van der Waals surface area contributed by atoms with Gasteiger partial charge in [-0.05, 0) is 57.2 Å². The summed E-state index contributed by atoms with van der Waals surface area (Å²) in [5.41, 5.74) is -0.362. The molecule has 2 N–H and O–H groups in total. The second-order valence-electron chi connectivity index (χ2n) is 6.63. The zero-order valence-corrected chi connectivity index (χ0v) is 13.2. The van der Waals surface area contributed by atoms with Gasteiger partial charge in [-0.3, -0.25) is 9.59 Å². The lowest BCUT2D eigenvalue weighted by molar-refractivity contribution is -0.144. The van der Waals surface area contributed by atoms with Crippen LogP contribution in [0.2, 0.25) is 0 Å². The third-order valence-corrected chi connectivity index (χ3v) is 4.52. The number of carbonyl (C=O) groups is 2. The van der Waals surface area contributed by atoms with Crippen LogP contribution in [0.15, 0.2) is 18.2 Å². The van der Waals surface area contributed by atoms with Gasteiger partial charge >= 0.3 is 5.97 Å². The normalized spacial score (nSPS) is 21.7. The maximum Gasteiger partial charge on any atom is 0.306 e. The highest BCUT2D eigenvalue weighted by atomic mass is 19.2. The minimum atomic E-state index is -0.952. The second kappa shape index (κ2) is 6.64. The Balaban J connectivity index is 2.01. The summed E-state index contributed by atoms with van der Waals surface area (Å²) in [6.45, 7) is 3.45. The molecule has 1 saturated carbocycles. The molecule has 0 aliphatic heterocycles. The fourth-order valence-electron chi connectivity index (χ4n) is 2.97. The molecule has 1 aromatic rings. The van der Waals surface area contributed by atoms with E-state index in [4.69, 9.17) is 5.11 Å². The van der Waals surface area contributed by atoms with Crippen LogP contribution in [0.1, 0.15) is 45.1 Å². The van der Waals surface area contributed by atoms with Crippen molar-refractivity contribution in [1.82, 2.24) is 5.32 Å². The standard InChI is InChI=1S/C17H21F2NO3/c1-17(2,12-7-8-13(18)14(19)9-12)20-15(21)10-3-5-11(6-4-10)16(22)23/h7-11H,3-6H2,1-2H3,(H,20,21)(H,22,23). The van der Waals surface area contributed by atoms with Crippen LogP contribution in [0, 0.1) is 23.5 Å². The quantitative estimate of drug-likeness (QED) is 0.893. The number of aliphatic carboxylic acids is 1. The van der Waals surface area contributed by atoms with Crippen LogP contribution in [0.4, 0.5) is 8.78 Å². The van der Waals surface area contributed by atoms with Gasteiger partial charge < -0.3 is 10.4 Å². The number of amides is 1. The Morgan fingerprint density at radius 1 is 1.09 bits per heavy atom. The van der Waals surface area contributed by atoms with Crippen LogP contribution in [0.5, 0.6) is 0 Å². The summed E-state index contributed by atoms with van der Waals surface area (Å²) in [6, 6.07) is 3.56. The fraction of sp³-hybridized carbons (Fsp3) is 0.529. The van der Waals surface area contributed by atoms with Crippen LogP contribution in [0.3, 0.4) is 0 Å². The van der Waals surface area contributed by atoms with Gasteiger partial charge in [-0.25, -0.2) is 8.78 Å². The van der Waals surface area contributed by atoms with E-state index < -0.39 is 23.1 Å². The maximum absolute atomic E-state index is 13.4. The zero-order chi connectivity index (χ0) is 17.2. The number of rotatable bonds is 4. The van der Waals surface area contributed by atoms with E-state index in [0.29, 0.717) is 31.2 Å². The molecule has 1 fully saturated rings. The van der Waals surface area contributed by atoms with Crippen LogP contribution in [0.25, 0.3) is 0 Å². The monoisotopic (exact) mass is 325 g/mol. The summed E-state index contributed by atoms with van der Waals surface area (Å²) in [4.78, 5) is 23.3. The van der Waals surface area contributed by atoms with Crippen LogP contribution >= 0.6 is 0 Å². The minimum Gasteiger partial charge on any atom is -0.481 e. The second-order valence-corrected chi connectivity index (χ2v) is 6.63. The fourth-order valence-corrected chi connectivity index (χ4v) is 2.97. The Hall–Kier alpha value is -1.98. The van der Waals surface area contributed by atoms with E-state index in [-0.39, 0.29) is 17.7 Å². The molecule has 1 amide bonds. The lowest BCUT2D eigenvalue weighted by Gasteiger charge is -2.31. The molecule has 0 radical (unpaired) electrons. The Morgan fingerprint density at radius 2 is 1.65 bits per heavy atom. The molecule has 0 atom stereocenters. The summed E-state index contributed by atoms with van der Waals surface area (Å²) in [5, 5.41) is 11.8. The van der Waals surface area contributed by atoms with E-state index in [0.717, 1.165) is 12.1 Å². The molecule has 4 nitrogen and oxygen atoms in total. The summed E-state index contributed by atoms with van der Waals surface area (Å²) in [5.74, 6) is -3.49. The molecule has 1 aromatic carbocycles. The first-order chi connectivity index (χ1) is 10.7. The Bertz CT molecular complexity index is 608. The summed E-state index contributed by atoms with van der Waals surface area (Å²) < 4.78 is 26.4. The van der Waals surface area contributed by atoms with Crippen LogP contribution in [-0.2, 0) is 15.1 Å². The number of benzene rings is 1. The average Bonchev–Trinajstić information content (AvgIpc) is 2.49. The van der Waals surface area contributed by atoms with Crippen LogP contribution < -0.4 is 5.32 Å². The van der Waals surface area contributed by atoms with Crippen molar-refractivity contribution in [2.24, 2.45) is 11.8 Å².